The number of rotatable bonds is 12. The monoisotopic (exact) mass is 492 g/mol. The van der Waals surface area contributed by atoms with Crippen LogP contribution >= 0.6 is 0 Å². The average molecular weight is 493 g/mol. The Bertz CT molecular complexity index is 1170. The summed E-state index contributed by atoms with van der Waals surface area (Å²) in [6.07, 6.45) is 1.13. The molecule has 4 aromatic carbocycles. The molecule has 0 radical (unpaired) electrons. The molecule has 4 rings (SSSR count). The number of ether oxygens (including phenoxy) is 3. The third-order valence-electron chi connectivity index (χ3n) is 5.84. The molecule has 0 unspecified atom stereocenters. The second-order valence-electron chi connectivity index (χ2n) is 9.04. The predicted octanol–water partition coefficient (Wildman–Crippen LogP) is 6.81. The van der Waals surface area contributed by atoms with Gasteiger partial charge in [-0.3, -0.25) is 0 Å². The van der Waals surface area contributed by atoms with Crippen LogP contribution in [0.15, 0.2) is 121 Å². The number of benzene rings is 4. The zero-order valence-corrected chi connectivity index (χ0v) is 21.1. The summed E-state index contributed by atoms with van der Waals surface area (Å²) in [6, 6.07) is 36.6. The van der Waals surface area contributed by atoms with Crippen molar-refractivity contribution in [3.8, 4) is 11.5 Å². The molecule has 0 heterocycles. The molecule has 0 aliphatic rings. The normalized spacial score (nSPS) is 10.6. The summed E-state index contributed by atoms with van der Waals surface area (Å²) in [5.41, 5.74) is 5.24. The van der Waals surface area contributed by atoms with Gasteiger partial charge in [-0.05, 0) is 66.3 Å². The molecule has 37 heavy (non-hydrogen) atoms. The van der Waals surface area contributed by atoms with Gasteiger partial charge in [0, 0.05) is 5.57 Å². The van der Waals surface area contributed by atoms with Crippen LogP contribution in [0.3, 0.4) is 0 Å². The Morgan fingerprint density at radius 1 is 0.622 bits per heavy atom. The topological polar surface area (TPSA) is 44.8 Å². The van der Waals surface area contributed by atoms with E-state index in [1.807, 2.05) is 84.9 Å². The van der Waals surface area contributed by atoms with Crippen molar-refractivity contribution in [1.82, 2.24) is 0 Å². The predicted molar refractivity (Wildman–Crippen MR) is 147 cm³/mol. The first-order valence-corrected chi connectivity index (χ1v) is 12.4. The third kappa shape index (κ3) is 8.39. The summed E-state index contributed by atoms with van der Waals surface area (Å²) in [4.78, 5) is 12.2. The Labute approximate surface area is 219 Å². The molecule has 0 bridgehead atoms. The van der Waals surface area contributed by atoms with Gasteiger partial charge in [0.25, 0.3) is 0 Å². The van der Waals surface area contributed by atoms with Gasteiger partial charge in [0.2, 0.25) is 0 Å². The van der Waals surface area contributed by atoms with E-state index in [1.165, 1.54) is 22.3 Å². The molecular formula is C33H32O4. The van der Waals surface area contributed by atoms with Crippen LogP contribution in [0, 0.1) is 0 Å². The maximum Gasteiger partial charge on any atom is 0.333 e. The van der Waals surface area contributed by atoms with Gasteiger partial charge in [-0.25, -0.2) is 4.79 Å². The summed E-state index contributed by atoms with van der Waals surface area (Å²) in [6.45, 7) is 5.64. The van der Waals surface area contributed by atoms with Gasteiger partial charge in [0.05, 0.1) is 0 Å². The van der Waals surface area contributed by atoms with Crippen molar-refractivity contribution in [3.63, 3.8) is 0 Å². The average Bonchev–Trinajstić information content (AvgIpc) is 2.93. The Balaban J connectivity index is 1.32. The van der Waals surface area contributed by atoms with Crippen LogP contribution in [0.2, 0.25) is 0 Å². The van der Waals surface area contributed by atoms with Gasteiger partial charge >= 0.3 is 5.97 Å². The lowest BCUT2D eigenvalue weighted by Gasteiger charge is -2.19. The Morgan fingerprint density at radius 2 is 1.00 bits per heavy atom. The molecule has 0 spiro atoms. The van der Waals surface area contributed by atoms with Gasteiger partial charge in [0.1, 0.15) is 24.7 Å². The van der Waals surface area contributed by atoms with E-state index in [2.05, 4.69) is 30.8 Å². The minimum atomic E-state index is -0.586. The highest BCUT2D eigenvalue weighted by Crippen LogP contribution is 2.18. The maximum atomic E-state index is 12.2. The van der Waals surface area contributed by atoms with Crippen LogP contribution in [0.4, 0.5) is 0 Å². The van der Waals surface area contributed by atoms with Crippen LogP contribution in [0.25, 0.3) is 0 Å². The summed E-state index contributed by atoms with van der Waals surface area (Å²) < 4.78 is 17.5. The lowest BCUT2D eigenvalue weighted by Crippen LogP contribution is -2.31. The molecule has 0 N–H and O–H groups in total. The van der Waals surface area contributed by atoms with E-state index >= 15 is 0 Å². The molecular weight excluding hydrogens is 460 g/mol. The Hall–Kier alpha value is -4.31. The Morgan fingerprint density at radius 3 is 1.38 bits per heavy atom. The molecule has 4 aromatic rings. The van der Waals surface area contributed by atoms with Crippen molar-refractivity contribution in [2.45, 2.75) is 25.9 Å². The zero-order valence-electron chi connectivity index (χ0n) is 21.1. The molecule has 188 valence electrons. The third-order valence-corrected chi connectivity index (χ3v) is 5.84. The van der Waals surface area contributed by atoms with E-state index < -0.39 is 12.1 Å². The van der Waals surface area contributed by atoms with Crippen molar-refractivity contribution in [2.75, 3.05) is 13.2 Å². The summed E-state index contributed by atoms with van der Waals surface area (Å²) in [7, 11) is 0. The first-order valence-electron chi connectivity index (χ1n) is 12.4. The molecule has 0 aromatic heterocycles. The van der Waals surface area contributed by atoms with Crippen molar-refractivity contribution in [2.24, 2.45) is 0 Å². The zero-order chi connectivity index (χ0) is 25.9. The lowest BCUT2D eigenvalue weighted by molar-refractivity contribution is -0.147. The van der Waals surface area contributed by atoms with E-state index in [9.17, 15) is 4.79 Å². The fourth-order valence-corrected chi connectivity index (χ4v) is 3.82. The van der Waals surface area contributed by atoms with Crippen LogP contribution in [0.1, 0.15) is 29.2 Å². The van der Waals surface area contributed by atoms with Gasteiger partial charge in [-0.15, -0.1) is 0 Å². The number of carbonyl (C=O) groups excluding carboxylic acids is 1. The molecule has 0 atom stereocenters. The molecule has 0 saturated carbocycles. The van der Waals surface area contributed by atoms with Crippen LogP contribution in [0.5, 0.6) is 11.5 Å². The van der Waals surface area contributed by atoms with E-state index in [0.717, 1.165) is 12.8 Å². The second-order valence-corrected chi connectivity index (χ2v) is 9.04. The molecule has 0 amide bonds. The van der Waals surface area contributed by atoms with Crippen LogP contribution in [-0.2, 0) is 22.4 Å². The molecule has 0 fully saturated rings. The summed E-state index contributed by atoms with van der Waals surface area (Å²) in [5.74, 6) is 0.950. The smallest absolute Gasteiger partial charge is 0.333 e. The minimum Gasteiger partial charge on any atom is -0.490 e. The van der Waals surface area contributed by atoms with E-state index in [-0.39, 0.29) is 13.2 Å². The number of esters is 1. The first kappa shape index (κ1) is 25.8. The molecule has 4 nitrogen and oxygen atoms in total. The largest absolute Gasteiger partial charge is 0.490 e. The summed E-state index contributed by atoms with van der Waals surface area (Å²) in [5, 5.41) is 0. The Kier molecular flexibility index (Phi) is 9.14. The fourth-order valence-electron chi connectivity index (χ4n) is 3.82. The number of hydrogen-bond acceptors (Lipinski definition) is 4. The lowest BCUT2D eigenvalue weighted by atomic mass is 10.1. The van der Waals surface area contributed by atoms with E-state index in [0.29, 0.717) is 17.1 Å². The van der Waals surface area contributed by atoms with Crippen molar-refractivity contribution >= 4 is 5.97 Å². The van der Waals surface area contributed by atoms with Gasteiger partial charge < -0.3 is 14.2 Å². The first-order chi connectivity index (χ1) is 18.0. The van der Waals surface area contributed by atoms with E-state index in [1.54, 1.807) is 6.92 Å². The molecule has 0 aliphatic carbocycles. The second kappa shape index (κ2) is 13.1. The van der Waals surface area contributed by atoms with Gasteiger partial charge in [-0.1, -0.05) is 91.5 Å². The minimum absolute atomic E-state index is 0.170. The standard InChI is InChI=1S/C33H32O4/c1-25(2)33(34)37-32(23-35-30-17-13-28(14-18-30)21-26-9-5-3-6-10-26)24-36-31-19-15-29(16-20-31)22-27-11-7-4-8-12-27/h3-20,32H,1,21-24H2,2H3. The molecule has 0 aliphatic heterocycles. The quantitative estimate of drug-likeness (QED) is 0.161. The van der Waals surface area contributed by atoms with Crippen molar-refractivity contribution < 1.29 is 19.0 Å². The van der Waals surface area contributed by atoms with Crippen LogP contribution in [-0.4, -0.2) is 25.3 Å². The van der Waals surface area contributed by atoms with Gasteiger partial charge in [-0.2, -0.15) is 0 Å². The van der Waals surface area contributed by atoms with Crippen molar-refractivity contribution in [1.29, 1.82) is 0 Å². The summed E-state index contributed by atoms with van der Waals surface area (Å²) >= 11 is 0. The van der Waals surface area contributed by atoms with Crippen LogP contribution < -0.4 is 9.47 Å². The number of carbonyl (C=O) groups is 1. The molecule has 0 saturated heterocycles. The van der Waals surface area contributed by atoms with Gasteiger partial charge in [0.15, 0.2) is 6.10 Å². The van der Waals surface area contributed by atoms with Crippen molar-refractivity contribution in [3.05, 3.63) is 144 Å². The maximum absolute atomic E-state index is 12.2. The fraction of sp³-hybridized carbons (Fsp3) is 0.182. The highest BCUT2D eigenvalue weighted by Gasteiger charge is 2.17. The highest BCUT2D eigenvalue weighted by molar-refractivity contribution is 5.87. The van der Waals surface area contributed by atoms with E-state index in [4.69, 9.17) is 14.2 Å². The SMILES string of the molecule is C=C(C)C(=O)OC(COc1ccc(Cc2ccccc2)cc1)COc1ccc(Cc2ccccc2)cc1. The highest BCUT2D eigenvalue weighted by atomic mass is 16.6. The number of hydrogen-bond donors (Lipinski definition) is 0. The molecule has 4 heteroatoms.